The molecule has 1 N–H and O–H groups in total. The van der Waals surface area contributed by atoms with Crippen LogP contribution in [-0.2, 0) is 11.2 Å². The molecule has 3 heteroatoms. The van der Waals surface area contributed by atoms with E-state index in [-0.39, 0.29) is 18.6 Å². The number of ether oxygens (including phenoxy) is 1. The van der Waals surface area contributed by atoms with Crippen LogP contribution in [0.25, 0.3) is 0 Å². The minimum absolute atomic E-state index is 0.0585. The average Bonchev–Trinajstić information content (AvgIpc) is 2.91. The fraction of sp³-hybridized carbons (Fsp3) is 0.316. The van der Waals surface area contributed by atoms with Gasteiger partial charge in [0.15, 0.2) is 6.61 Å². The molecular weight excluding hydrogens is 274 g/mol. The molecular formula is C19H21NO2. The lowest BCUT2D eigenvalue weighted by Gasteiger charge is -2.15. The summed E-state index contributed by atoms with van der Waals surface area (Å²) in [5.74, 6) is 0.713. The second-order valence-corrected chi connectivity index (χ2v) is 5.92. The molecule has 1 atom stereocenters. The predicted octanol–water partition coefficient (Wildman–Crippen LogP) is 3.49. The molecule has 2 aromatic rings. The van der Waals surface area contributed by atoms with Gasteiger partial charge in [-0.1, -0.05) is 36.4 Å². The number of aryl methyl sites for hydroxylation is 3. The predicted molar refractivity (Wildman–Crippen MR) is 87.1 cm³/mol. The molecule has 0 saturated carbocycles. The average molecular weight is 295 g/mol. The van der Waals surface area contributed by atoms with Gasteiger partial charge in [-0.25, -0.2) is 0 Å². The van der Waals surface area contributed by atoms with Crippen molar-refractivity contribution >= 4 is 5.91 Å². The molecule has 0 aromatic heterocycles. The maximum atomic E-state index is 12.1. The van der Waals surface area contributed by atoms with Crippen LogP contribution >= 0.6 is 0 Å². The zero-order valence-corrected chi connectivity index (χ0v) is 13.1. The summed E-state index contributed by atoms with van der Waals surface area (Å²) >= 11 is 0. The van der Waals surface area contributed by atoms with E-state index in [0.29, 0.717) is 0 Å². The Hall–Kier alpha value is -2.29. The number of nitrogens with one attached hydrogen (secondary N) is 1. The normalized spacial score (nSPS) is 16.2. The molecule has 0 aliphatic heterocycles. The van der Waals surface area contributed by atoms with Crippen molar-refractivity contribution in [3.63, 3.8) is 0 Å². The van der Waals surface area contributed by atoms with Gasteiger partial charge < -0.3 is 10.1 Å². The fourth-order valence-corrected chi connectivity index (χ4v) is 2.95. The Balaban J connectivity index is 1.59. The quantitative estimate of drug-likeness (QED) is 0.937. The van der Waals surface area contributed by atoms with E-state index in [2.05, 4.69) is 17.4 Å². The lowest BCUT2D eigenvalue weighted by molar-refractivity contribution is -0.123. The molecule has 1 aliphatic rings. The molecule has 1 amide bonds. The van der Waals surface area contributed by atoms with Gasteiger partial charge in [0, 0.05) is 0 Å². The number of fused-ring (bicyclic) bond motifs is 1. The van der Waals surface area contributed by atoms with Crippen LogP contribution in [0.2, 0.25) is 0 Å². The SMILES string of the molecule is Cc1ccc(C)c(OCC(=O)NC2CCc3ccccc32)c1. The van der Waals surface area contributed by atoms with E-state index in [9.17, 15) is 4.79 Å². The smallest absolute Gasteiger partial charge is 0.258 e. The number of amides is 1. The van der Waals surface area contributed by atoms with Gasteiger partial charge in [-0.2, -0.15) is 0 Å². The van der Waals surface area contributed by atoms with Crippen molar-refractivity contribution in [2.75, 3.05) is 6.61 Å². The van der Waals surface area contributed by atoms with E-state index in [1.807, 2.05) is 44.2 Å². The topological polar surface area (TPSA) is 38.3 Å². The minimum Gasteiger partial charge on any atom is -0.483 e. The van der Waals surface area contributed by atoms with Crippen LogP contribution in [-0.4, -0.2) is 12.5 Å². The maximum absolute atomic E-state index is 12.1. The molecule has 1 unspecified atom stereocenters. The summed E-state index contributed by atoms with van der Waals surface area (Å²) in [6.45, 7) is 4.06. The summed E-state index contributed by atoms with van der Waals surface area (Å²) in [6, 6.07) is 14.4. The van der Waals surface area contributed by atoms with Crippen LogP contribution in [0.3, 0.4) is 0 Å². The first kappa shape index (κ1) is 14.6. The molecule has 0 spiro atoms. The first-order valence-electron chi connectivity index (χ1n) is 7.71. The molecule has 3 nitrogen and oxygen atoms in total. The molecule has 1 aliphatic carbocycles. The van der Waals surface area contributed by atoms with Gasteiger partial charge in [0.05, 0.1) is 6.04 Å². The van der Waals surface area contributed by atoms with Crippen molar-refractivity contribution in [3.8, 4) is 5.75 Å². The van der Waals surface area contributed by atoms with E-state index < -0.39 is 0 Å². The highest BCUT2D eigenvalue weighted by molar-refractivity contribution is 5.78. The van der Waals surface area contributed by atoms with Crippen LogP contribution in [0, 0.1) is 13.8 Å². The Morgan fingerprint density at radius 1 is 1.23 bits per heavy atom. The summed E-state index contributed by atoms with van der Waals surface area (Å²) < 4.78 is 5.67. The third-order valence-electron chi connectivity index (χ3n) is 4.17. The third kappa shape index (κ3) is 3.14. The van der Waals surface area contributed by atoms with Gasteiger partial charge in [-0.3, -0.25) is 4.79 Å². The van der Waals surface area contributed by atoms with Crippen molar-refractivity contribution in [2.45, 2.75) is 32.7 Å². The van der Waals surface area contributed by atoms with E-state index >= 15 is 0 Å². The van der Waals surface area contributed by atoms with E-state index in [1.54, 1.807) is 0 Å². The first-order valence-corrected chi connectivity index (χ1v) is 7.71. The monoisotopic (exact) mass is 295 g/mol. The zero-order chi connectivity index (χ0) is 15.5. The van der Waals surface area contributed by atoms with Crippen LogP contribution in [0.1, 0.15) is 34.7 Å². The lowest BCUT2D eigenvalue weighted by atomic mass is 10.1. The van der Waals surface area contributed by atoms with E-state index in [1.165, 1.54) is 11.1 Å². The number of hydrogen-bond acceptors (Lipinski definition) is 2. The van der Waals surface area contributed by atoms with Gasteiger partial charge in [0.1, 0.15) is 5.75 Å². The van der Waals surface area contributed by atoms with Crippen molar-refractivity contribution in [3.05, 3.63) is 64.7 Å². The van der Waals surface area contributed by atoms with Crippen molar-refractivity contribution < 1.29 is 9.53 Å². The standard InChI is InChI=1S/C19H21NO2/c1-13-7-8-14(2)18(11-13)22-12-19(21)20-17-10-9-15-5-3-4-6-16(15)17/h3-8,11,17H,9-10,12H2,1-2H3,(H,20,21). The summed E-state index contributed by atoms with van der Waals surface area (Å²) in [6.07, 6.45) is 1.99. The Labute approximate surface area is 131 Å². The van der Waals surface area contributed by atoms with Crippen molar-refractivity contribution in [2.24, 2.45) is 0 Å². The Bertz CT molecular complexity index is 694. The summed E-state index contributed by atoms with van der Waals surface area (Å²) in [7, 11) is 0. The van der Waals surface area contributed by atoms with Crippen molar-refractivity contribution in [1.82, 2.24) is 5.32 Å². The van der Waals surface area contributed by atoms with Gasteiger partial charge in [-0.05, 0) is 55.0 Å². The maximum Gasteiger partial charge on any atom is 0.258 e. The molecule has 2 aromatic carbocycles. The lowest BCUT2D eigenvalue weighted by Crippen LogP contribution is -2.31. The number of rotatable bonds is 4. The van der Waals surface area contributed by atoms with Crippen LogP contribution in [0.4, 0.5) is 0 Å². The number of carbonyl (C=O) groups excluding carboxylic acids is 1. The molecule has 3 rings (SSSR count). The second-order valence-electron chi connectivity index (χ2n) is 5.92. The Kier molecular flexibility index (Phi) is 4.14. The summed E-state index contributed by atoms with van der Waals surface area (Å²) in [5.41, 5.74) is 4.75. The number of hydrogen-bond donors (Lipinski definition) is 1. The van der Waals surface area contributed by atoms with E-state index in [4.69, 9.17) is 4.74 Å². The zero-order valence-electron chi connectivity index (χ0n) is 13.1. The van der Waals surface area contributed by atoms with Gasteiger partial charge in [0.25, 0.3) is 5.91 Å². The number of carbonyl (C=O) groups is 1. The molecule has 0 fully saturated rings. The highest BCUT2D eigenvalue weighted by Gasteiger charge is 2.23. The highest BCUT2D eigenvalue weighted by atomic mass is 16.5. The Morgan fingerprint density at radius 3 is 2.91 bits per heavy atom. The third-order valence-corrected chi connectivity index (χ3v) is 4.17. The molecule has 0 bridgehead atoms. The molecule has 0 heterocycles. The summed E-state index contributed by atoms with van der Waals surface area (Å²) in [4.78, 5) is 12.1. The van der Waals surface area contributed by atoms with E-state index in [0.717, 1.165) is 29.7 Å². The fourth-order valence-electron chi connectivity index (χ4n) is 2.95. The number of benzene rings is 2. The minimum atomic E-state index is -0.0670. The van der Waals surface area contributed by atoms with Crippen LogP contribution < -0.4 is 10.1 Å². The van der Waals surface area contributed by atoms with Crippen LogP contribution in [0.5, 0.6) is 5.75 Å². The largest absolute Gasteiger partial charge is 0.483 e. The highest BCUT2D eigenvalue weighted by Crippen LogP contribution is 2.30. The Morgan fingerprint density at radius 2 is 2.05 bits per heavy atom. The first-order chi connectivity index (χ1) is 10.6. The molecule has 114 valence electrons. The van der Waals surface area contributed by atoms with Gasteiger partial charge in [0.2, 0.25) is 0 Å². The van der Waals surface area contributed by atoms with Crippen molar-refractivity contribution in [1.29, 1.82) is 0 Å². The van der Waals surface area contributed by atoms with Gasteiger partial charge in [-0.15, -0.1) is 0 Å². The molecule has 22 heavy (non-hydrogen) atoms. The second kappa shape index (κ2) is 6.22. The molecule has 0 saturated heterocycles. The summed E-state index contributed by atoms with van der Waals surface area (Å²) in [5, 5.41) is 3.08. The molecule has 0 radical (unpaired) electrons. The van der Waals surface area contributed by atoms with Crippen LogP contribution in [0.15, 0.2) is 42.5 Å². The van der Waals surface area contributed by atoms with Gasteiger partial charge >= 0.3 is 0 Å².